The number of nitrogens with zero attached hydrogens (tertiary/aromatic N) is 1. The summed E-state index contributed by atoms with van der Waals surface area (Å²) < 4.78 is 37.1. The Morgan fingerprint density at radius 3 is 2.31 bits per heavy atom. The molecule has 7 heteroatoms. The normalized spacial score (nSPS) is 20.1. The van der Waals surface area contributed by atoms with Gasteiger partial charge in [0.1, 0.15) is 5.75 Å². The summed E-state index contributed by atoms with van der Waals surface area (Å²) in [7, 11) is -1.68. The minimum Gasteiger partial charge on any atom is -0.466 e. The van der Waals surface area contributed by atoms with Crippen molar-refractivity contribution in [3.05, 3.63) is 94.5 Å². The van der Waals surface area contributed by atoms with Crippen LogP contribution in [0.3, 0.4) is 0 Å². The Bertz CT molecular complexity index is 1600. The van der Waals surface area contributed by atoms with Crippen LogP contribution in [-0.2, 0) is 21.9 Å². The molecule has 1 atom stereocenters. The first-order valence-electron chi connectivity index (χ1n) is 11.5. The van der Waals surface area contributed by atoms with Crippen molar-refractivity contribution >= 4 is 48.1 Å². The van der Waals surface area contributed by atoms with Crippen LogP contribution >= 0.6 is 15.9 Å². The summed E-state index contributed by atoms with van der Waals surface area (Å²) >= 11 is 3.37. The smallest absolute Gasteiger partial charge is 0.261 e. The number of likely N-dealkylation sites (N-methyl/N-ethyl adjacent to an activating group) is 1. The quantitative estimate of drug-likeness (QED) is 0.319. The number of ether oxygens (including phenoxy) is 1. The van der Waals surface area contributed by atoms with Gasteiger partial charge in [-0.3, -0.25) is 4.72 Å². The van der Waals surface area contributed by atoms with Crippen molar-refractivity contribution in [2.75, 3.05) is 16.7 Å². The predicted molar refractivity (Wildman–Crippen MR) is 144 cm³/mol. The zero-order chi connectivity index (χ0) is 24.6. The summed E-state index contributed by atoms with van der Waals surface area (Å²) in [4.78, 5) is 2.45. The van der Waals surface area contributed by atoms with Crippen LogP contribution in [0.25, 0.3) is 10.8 Å². The van der Waals surface area contributed by atoms with Crippen molar-refractivity contribution in [1.82, 2.24) is 0 Å². The van der Waals surface area contributed by atoms with E-state index >= 15 is 0 Å². The van der Waals surface area contributed by atoms with Crippen LogP contribution in [-0.4, -0.2) is 21.2 Å². The summed E-state index contributed by atoms with van der Waals surface area (Å²) in [5.41, 5.74) is 3.06. The molecule has 1 N–H and O–H groups in total. The summed E-state index contributed by atoms with van der Waals surface area (Å²) in [6, 6.07) is 24.8. The summed E-state index contributed by atoms with van der Waals surface area (Å²) in [6.07, 6.45) is 0.637. The Kier molecular flexibility index (Phi) is 4.80. The van der Waals surface area contributed by atoms with Gasteiger partial charge in [0.15, 0.2) is 5.72 Å². The molecule has 0 saturated carbocycles. The molecule has 35 heavy (non-hydrogen) atoms. The van der Waals surface area contributed by atoms with Crippen LogP contribution in [0.5, 0.6) is 5.75 Å². The van der Waals surface area contributed by atoms with Crippen molar-refractivity contribution in [3.63, 3.8) is 0 Å². The van der Waals surface area contributed by atoms with Crippen LogP contribution in [0.1, 0.15) is 25.0 Å². The van der Waals surface area contributed by atoms with Crippen LogP contribution in [0.2, 0.25) is 0 Å². The fourth-order valence-corrected chi connectivity index (χ4v) is 7.01. The fourth-order valence-electron chi connectivity index (χ4n) is 5.68. The third-order valence-corrected chi connectivity index (χ3v) is 9.51. The van der Waals surface area contributed by atoms with Gasteiger partial charge in [0, 0.05) is 40.0 Å². The number of benzene rings is 4. The van der Waals surface area contributed by atoms with Crippen molar-refractivity contribution in [3.8, 4) is 5.75 Å². The maximum atomic E-state index is 13.2. The van der Waals surface area contributed by atoms with E-state index in [1.54, 1.807) is 24.3 Å². The van der Waals surface area contributed by atoms with Crippen LogP contribution in [0.15, 0.2) is 88.2 Å². The lowest BCUT2D eigenvalue weighted by Gasteiger charge is -2.42. The van der Waals surface area contributed by atoms with E-state index in [-0.39, 0.29) is 10.3 Å². The van der Waals surface area contributed by atoms with Gasteiger partial charge in [-0.15, -0.1) is 0 Å². The third-order valence-electron chi connectivity index (χ3n) is 7.60. The molecule has 6 rings (SSSR count). The molecule has 5 nitrogen and oxygen atoms in total. The number of para-hydroxylation sites is 1. The zero-order valence-corrected chi connectivity index (χ0v) is 22.1. The van der Waals surface area contributed by atoms with Gasteiger partial charge in [0.05, 0.1) is 16.0 Å². The number of hydrogen-bond donors (Lipinski definition) is 1. The Balaban J connectivity index is 1.48. The number of anilines is 2. The Morgan fingerprint density at radius 2 is 1.60 bits per heavy atom. The summed E-state index contributed by atoms with van der Waals surface area (Å²) in [6.45, 7) is 4.45. The Labute approximate surface area is 213 Å². The topological polar surface area (TPSA) is 58.6 Å². The van der Waals surface area contributed by atoms with E-state index in [0.717, 1.165) is 32.2 Å². The van der Waals surface area contributed by atoms with Crippen LogP contribution < -0.4 is 14.4 Å². The van der Waals surface area contributed by atoms with Gasteiger partial charge in [-0.05, 0) is 55.8 Å². The lowest BCUT2D eigenvalue weighted by atomic mass is 9.76. The van der Waals surface area contributed by atoms with Crippen molar-refractivity contribution in [1.29, 1.82) is 0 Å². The number of hydrogen-bond acceptors (Lipinski definition) is 4. The molecule has 178 valence electrons. The van der Waals surface area contributed by atoms with E-state index in [1.807, 2.05) is 30.3 Å². The maximum Gasteiger partial charge on any atom is 0.261 e. The molecule has 4 aromatic rings. The Hall–Kier alpha value is -3.03. The molecule has 0 bridgehead atoms. The van der Waals surface area contributed by atoms with Gasteiger partial charge >= 0.3 is 0 Å². The molecule has 2 heterocycles. The first kappa shape index (κ1) is 22.4. The minimum absolute atomic E-state index is 0.213. The van der Waals surface area contributed by atoms with Gasteiger partial charge in [-0.1, -0.05) is 58.4 Å². The molecule has 0 amide bonds. The molecule has 1 unspecified atom stereocenters. The van der Waals surface area contributed by atoms with E-state index in [4.69, 9.17) is 4.74 Å². The molecule has 0 aliphatic carbocycles. The summed E-state index contributed by atoms with van der Waals surface area (Å²) in [5, 5.41) is 1.70. The number of fused-ring (bicyclic) bond motifs is 4. The molecule has 2 aliphatic rings. The lowest BCUT2D eigenvalue weighted by molar-refractivity contribution is 0.0362. The standard InChI is InChI=1S/C28H25BrN2O3S/c1-27(2)23-10-6-7-11-25(23)31(3)28(27)17-18-16-24(21-8-4-5-9-22(21)26(18)34-28)30-35(32,33)20-14-12-19(29)13-15-20/h4-16,30H,17H2,1-3H3. The van der Waals surface area contributed by atoms with Gasteiger partial charge in [0.25, 0.3) is 10.0 Å². The molecule has 4 aromatic carbocycles. The van der Waals surface area contributed by atoms with Crippen molar-refractivity contribution in [2.45, 2.75) is 36.3 Å². The maximum absolute atomic E-state index is 13.2. The van der Waals surface area contributed by atoms with E-state index in [9.17, 15) is 8.42 Å². The molecular formula is C28H25BrN2O3S. The van der Waals surface area contributed by atoms with Crippen LogP contribution in [0.4, 0.5) is 11.4 Å². The highest BCUT2D eigenvalue weighted by molar-refractivity contribution is 9.10. The molecule has 0 saturated heterocycles. The number of rotatable bonds is 3. The second-order valence-electron chi connectivity index (χ2n) is 9.78. The molecule has 0 fully saturated rings. The fraction of sp³-hybridized carbons (Fsp3) is 0.214. The van der Waals surface area contributed by atoms with Crippen molar-refractivity contribution < 1.29 is 13.2 Å². The van der Waals surface area contributed by atoms with Gasteiger partial charge < -0.3 is 9.64 Å². The third kappa shape index (κ3) is 3.14. The second kappa shape index (κ2) is 7.48. The monoisotopic (exact) mass is 548 g/mol. The molecule has 0 aromatic heterocycles. The highest BCUT2D eigenvalue weighted by atomic mass is 79.9. The zero-order valence-electron chi connectivity index (χ0n) is 19.7. The lowest BCUT2D eigenvalue weighted by Crippen LogP contribution is -2.58. The number of nitrogens with one attached hydrogen (secondary N) is 1. The summed E-state index contributed by atoms with van der Waals surface area (Å²) in [5.74, 6) is 0.819. The average molecular weight is 549 g/mol. The van der Waals surface area contributed by atoms with Crippen molar-refractivity contribution in [2.24, 2.45) is 0 Å². The van der Waals surface area contributed by atoms with E-state index in [1.165, 1.54) is 5.56 Å². The largest absolute Gasteiger partial charge is 0.466 e. The predicted octanol–water partition coefficient (Wildman–Crippen LogP) is 6.46. The SMILES string of the molecule is CN1c2ccccc2C(C)(C)C12Cc1cc(NS(=O)(=O)c3ccc(Br)cc3)c3ccccc3c1O2. The first-order chi connectivity index (χ1) is 16.6. The molecule has 2 aliphatic heterocycles. The number of halogens is 1. The minimum atomic E-state index is -3.77. The van der Waals surface area contributed by atoms with E-state index in [0.29, 0.717) is 12.1 Å². The molecule has 0 radical (unpaired) electrons. The van der Waals surface area contributed by atoms with E-state index in [2.05, 4.69) is 70.7 Å². The van der Waals surface area contributed by atoms with Crippen LogP contribution in [0, 0.1) is 0 Å². The molecular weight excluding hydrogens is 524 g/mol. The van der Waals surface area contributed by atoms with Gasteiger partial charge in [-0.2, -0.15) is 0 Å². The van der Waals surface area contributed by atoms with E-state index < -0.39 is 15.7 Å². The van der Waals surface area contributed by atoms with Gasteiger partial charge in [0.2, 0.25) is 0 Å². The average Bonchev–Trinajstić information content (AvgIpc) is 3.31. The number of sulfonamides is 1. The van der Waals surface area contributed by atoms with Gasteiger partial charge in [-0.25, -0.2) is 8.42 Å². The highest BCUT2D eigenvalue weighted by Crippen LogP contribution is 2.57. The highest BCUT2D eigenvalue weighted by Gasteiger charge is 2.60. The first-order valence-corrected chi connectivity index (χ1v) is 13.8. The Morgan fingerprint density at radius 1 is 0.943 bits per heavy atom. The second-order valence-corrected chi connectivity index (χ2v) is 12.4. The molecule has 1 spiro atoms.